The summed E-state index contributed by atoms with van der Waals surface area (Å²) in [5, 5.41) is 3.09. The molecule has 2 rings (SSSR count). The van der Waals surface area contributed by atoms with Crippen molar-refractivity contribution in [3.63, 3.8) is 0 Å². The van der Waals surface area contributed by atoms with Crippen LogP contribution in [0.2, 0.25) is 0 Å². The summed E-state index contributed by atoms with van der Waals surface area (Å²) in [7, 11) is 3.26. The van der Waals surface area contributed by atoms with Crippen molar-refractivity contribution in [2.45, 2.75) is 44.9 Å². The molecule has 6 heteroatoms. The molecule has 0 amide bonds. The van der Waals surface area contributed by atoms with Gasteiger partial charge in [0, 0.05) is 12.6 Å². The molecule has 136 valence electrons. The third-order valence-corrected chi connectivity index (χ3v) is 4.45. The molecule has 0 spiro atoms. The van der Waals surface area contributed by atoms with Crippen LogP contribution in [0.25, 0.3) is 0 Å². The number of hydrogen-bond donors (Lipinski definition) is 2. The summed E-state index contributed by atoms with van der Waals surface area (Å²) in [6.45, 7) is 0.762. The third kappa shape index (κ3) is 6.75. The van der Waals surface area contributed by atoms with Crippen molar-refractivity contribution in [1.82, 2.24) is 0 Å². The van der Waals surface area contributed by atoms with Crippen LogP contribution >= 0.6 is 24.0 Å². The van der Waals surface area contributed by atoms with Crippen molar-refractivity contribution in [2.24, 2.45) is 16.6 Å². The van der Waals surface area contributed by atoms with Gasteiger partial charge in [-0.15, -0.1) is 24.0 Å². The number of hydrogen-bond acceptors (Lipinski definition) is 3. The topological polar surface area (TPSA) is 68.9 Å². The lowest BCUT2D eigenvalue weighted by atomic mass is 10.0. The van der Waals surface area contributed by atoms with Gasteiger partial charge in [0.2, 0.25) is 0 Å². The second-order valence-corrected chi connectivity index (χ2v) is 6.10. The fourth-order valence-corrected chi connectivity index (χ4v) is 3.13. The summed E-state index contributed by atoms with van der Waals surface area (Å²) in [5.41, 5.74) is 6.73. The van der Waals surface area contributed by atoms with E-state index in [1.807, 2.05) is 18.2 Å². The van der Waals surface area contributed by atoms with Gasteiger partial charge in [0.15, 0.2) is 5.96 Å². The lowest BCUT2D eigenvalue weighted by Gasteiger charge is -2.12. The van der Waals surface area contributed by atoms with Gasteiger partial charge in [0.25, 0.3) is 0 Å². The summed E-state index contributed by atoms with van der Waals surface area (Å²) in [6.07, 6.45) is 9.35. The largest absolute Gasteiger partial charge is 0.497 e. The molecule has 0 radical (unpaired) electrons. The second kappa shape index (κ2) is 11.4. The number of benzene rings is 1. The third-order valence-electron chi connectivity index (χ3n) is 4.45. The van der Waals surface area contributed by atoms with Crippen molar-refractivity contribution >= 4 is 35.6 Å². The number of aliphatic imine (C=N–C) groups is 1. The molecular weight excluding hydrogens is 417 g/mol. The van der Waals surface area contributed by atoms with Crippen LogP contribution in [0, 0.1) is 5.92 Å². The van der Waals surface area contributed by atoms with E-state index in [4.69, 9.17) is 15.2 Å². The molecule has 1 saturated carbocycles. The smallest absolute Gasteiger partial charge is 0.193 e. The Labute approximate surface area is 162 Å². The van der Waals surface area contributed by atoms with Gasteiger partial charge in [-0.1, -0.05) is 38.5 Å². The van der Waals surface area contributed by atoms with E-state index in [2.05, 4.69) is 10.3 Å². The molecule has 3 N–H and O–H groups in total. The summed E-state index contributed by atoms with van der Waals surface area (Å²) in [5.74, 6) is 2.83. The predicted octanol–water partition coefficient (Wildman–Crippen LogP) is 4.41. The maximum atomic E-state index is 5.97. The molecule has 0 atom stereocenters. The zero-order chi connectivity index (χ0) is 16.5. The van der Waals surface area contributed by atoms with Crippen molar-refractivity contribution in [3.05, 3.63) is 18.2 Å². The number of halogens is 1. The molecule has 0 heterocycles. The Morgan fingerprint density at radius 3 is 2.62 bits per heavy atom. The van der Waals surface area contributed by atoms with Gasteiger partial charge in [-0.3, -0.25) is 4.99 Å². The zero-order valence-electron chi connectivity index (χ0n) is 14.7. The van der Waals surface area contributed by atoms with Gasteiger partial charge in [-0.05, 0) is 24.5 Å². The number of rotatable bonds is 8. The van der Waals surface area contributed by atoms with Gasteiger partial charge in [0.1, 0.15) is 11.5 Å². The average molecular weight is 447 g/mol. The van der Waals surface area contributed by atoms with Gasteiger partial charge in [-0.2, -0.15) is 0 Å². The quantitative estimate of drug-likeness (QED) is 0.268. The molecule has 0 aromatic heterocycles. The Morgan fingerprint density at radius 2 is 1.96 bits per heavy atom. The minimum atomic E-state index is 0. The number of nitrogens with one attached hydrogen (secondary N) is 1. The van der Waals surface area contributed by atoms with E-state index in [0.29, 0.717) is 11.7 Å². The van der Waals surface area contributed by atoms with E-state index in [9.17, 15) is 0 Å². The lowest BCUT2D eigenvalue weighted by molar-refractivity contribution is 0.405. The summed E-state index contributed by atoms with van der Waals surface area (Å²) >= 11 is 0. The minimum Gasteiger partial charge on any atom is -0.497 e. The first kappa shape index (κ1) is 20.9. The van der Waals surface area contributed by atoms with E-state index in [0.717, 1.165) is 30.3 Å². The van der Waals surface area contributed by atoms with Crippen LogP contribution in [-0.2, 0) is 0 Å². The van der Waals surface area contributed by atoms with Gasteiger partial charge in [0.05, 0.1) is 19.9 Å². The molecule has 0 unspecified atom stereocenters. The molecule has 1 aromatic rings. The van der Waals surface area contributed by atoms with E-state index >= 15 is 0 Å². The Bertz CT molecular complexity index is 517. The fourth-order valence-electron chi connectivity index (χ4n) is 3.13. The molecule has 0 aliphatic heterocycles. The number of nitrogens with zero attached hydrogens (tertiary/aromatic N) is 1. The van der Waals surface area contributed by atoms with Crippen molar-refractivity contribution in [3.8, 4) is 11.5 Å². The highest BCUT2D eigenvalue weighted by Gasteiger charge is 2.13. The van der Waals surface area contributed by atoms with Crippen LogP contribution in [-0.4, -0.2) is 26.7 Å². The molecule has 24 heavy (non-hydrogen) atoms. The van der Waals surface area contributed by atoms with Crippen molar-refractivity contribution in [2.75, 3.05) is 26.1 Å². The monoisotopic (exact) mass is 447 g/mol. The first-order valence-corrected chi connectivity index (χ1v) is 8.52. The summed E-state index contributed by atoms with van der Waals surface area (Å²) < 4.78 is 10.5. The Balaban J connectivity index is 0.00000288. The molecule has 1 aromatic carbocycles. The molecular formula is C18H30IN3O2. The van der Waals surface area contributed by atoms with Crippen LogP contribution in [0.5, 0.6) is 11.5 Å². The van der Waals surface area contributed by atoms with Crippen LogP contribution in [0.1, 0.15) is 44.9 Å². The number of unbranched alkanes of at least 4 members (excludes halogenated alkanes) is 1. The summed E-state index contributed by atoms with van der Waals surface area (Å²) in [4.78, 5) is 4.40. The van der Waals surface area contributed by atoms with Crippen molar-refractivity contribution < 1.29 is 9.47 Å². The van der Waals surface area contributed by atoms with Crippen LogP contribution in [0.15, 0.2) is 23.2 Å². The number of nitrogens with two attached hydrogens (primary N) is 1. The number of anilines is 1. The summed E-state index contributed by atoms with van der Waals surface area (Å²) in [6, 6.07) is 5.54. The Morgan fingerprint density at radius 1 is 1.21 bits per heavy atom. The fraction of sp³-hybridized carbons (Fsp3) is 0.611. The maximum Gasteiger partial charge on any atom is 0.193 e. The van der Waals surface area contributed by atoms with Crippen molar-refractivity contribution in [1.29, 1.82) is 0 Å². The normalized spacial score (nSPS) is 15.0. The SMILES string of the molecule is COc1ccc(OC)c(NC(N)=NCCCCC2CCCC2)c1.I. The van der Waals surface area contributed by atoms with Gasteiger partial charge in [-0.25, -0.2) is 0 Å². The molecule has 1 aliphatic carbocycles. The van der Waals surface area contributed by atoms with E-state index in [-0.39, 0.29) is 24.0 Å². The molecule has 0 saturated heterocycles. The molecule has 0 bridgehead atoms. The highest BCUT2D eigenvalue weighted by atomic mass is 127. The van der Waals surface area contributed by atoms with Gasteiger partial charge >= 0.3 is 0 Å². The highest BCUT2D eigenvalue weighted by Crippen LogP contribution is 2.29. The first-order valence-electron chi connectivity index (χ1n) is 8.52. The number of ether oxygens (including phenoxy) is 2. The maximum absolute atomic E-state index is 5.97. The average Bonchev–Trinajstić information content (AvgIpc) is 3.07. The van der Waals surface area contributed by atoms with Crippen LogP contribution in [0.4, 0.5) is 5.69 Å². The number of methoxy groups -OCH3 is 2. The first-order chi connectivity index (χ1) is 11.2. The minimum absolute atomic E-state index is 0. The molecule has 5 nitrogen and oxygen atoms in total. The molecule has 1 aliphatic rings. The Kier molecular flexibility index (Phi) is 9.90. The Hall–Kier alpha value is -1.18. The highest BCUT2D eigenvalue weighted by molar-refractivity contribution is 14.0. The standard InChI is InChI=1S/C18H29N3O2.HI/c1-22-15-10-11-17(23-2)16(13-15)21-18(19)20-12-6-5-9-14-7-3-4-8-14;/h10-11,13-14H,3-9,12H2,1-2H3,(H3,19,20,21);1H. The molecule has 1 fully saturated rings. The van der Waals surface area contributed by atoms with E-state index in [1.54, 1.807) is 14.2 Å². The van der Waals surface area contributed by atoms with E-state index in [1.165, 1.54) is 38.5 Å². The number of guanidine groups is 1. The van der Waals surface area contributed by atoms with Gasteiger partial charge < -0.3 is 20.5 Å². The predicted molar refractivity (Wildman–Crippen MR) is 111 cm³/mol. The van der Waals surface area contributed by atoms with E-state index < -0.39 is 0 Å². The second-order valence-electron chi connectivity index (χ2n) is 6.10. The van der Waals surface area contributed by atoms with Crippen LogP contribution < -0.4 is 20.5 Å². The zero-order valence-corrected chi connectivity index (χ0v) is 17.0. The van der Waals surface area contributed by atoms with Crippen LogP contribution in [0.3, 0.4) is 0 Å². The lowest BCUT2D eigenvalue weighted by Crippen LogP contribution is -2.23.